The van der Waals surface area contributed by atoms with Gasteiger partial charge in [-0.1, -0.05) is 322 Å². The lowest BCUT2D eigenvalue weighted by atomic mass is 9.85. The highest BCUT2D eigenvalue weighted by Crippen LogP contribution is 2.49. The molecule has 0 unspecified atom stereocenters. The topological polar surface area (TPSA) is 112 Å². The summed E-state index contributed by atoms with van der Waals surface area (Å²) in [5.74, 6) is 0. The van der Waals surface area contributed by atoms with Crippen molar-refractivity contribution in [1.29, 1.82) is 0 Å². The number of hydrogen-bond acceptors (Lipinski definition) is 7. The van der Waals surface area contributed by atoms with Crippen molar-refractivity contribution in [2.24, 2.45) is 0 Å². The van der Waals surface area contributed by atoms with Gasteiger partial charge in [-0.05, 0) is 178 Å². The third kappa shape index (κ3) is 15.1. The number of fused-ring (bicyclic) bond motifs is 16. The number of nitrogens with zero attached hydrogens (tertiary/aromatic N) is 3. The summed E-state index contributed by atoms with van der Waals surface area (Å²) in [6, 6.07) is 128. The monoisotopic (exact) mass is 1650 g/mol. The zero-order valence-corrected chi connectivity index (χ0v) is 72.6. The fourth-order valence-corrected chi connectivity index (χ4v) is 21.0. The summed E-state index contributed by atoms with van der Waals surface area (Å²) < 4.78 is 59.1. The van der Waals surface area contributed by atoms with Gasteiger partial charge in [-0.2, -0.15) is 0 Å². The van der Waals surface area contributed by atoms with Crippen molar-refractivity contribution in [3.63, 3.8) is 0 Å². The second kappa shape index (κ2) is 31.8. The zero-order chi connectivity index (χ0) is 83.8. The first kappa shape index (κ1) is 78.7. The third-order valence-electron chi connectivity index (χ3n) is 23.6. The van der Waals surface area contributed by atoms with Gasteiger partial charge in [-0.15, -0.1) is 0 Å². The average molecular weight is 1650 g/mol. The summed E-state index contributed by atoms with van der Waals surface area (Å²) in [6.07, 6.45) is 4.30. The maximum Gasteiger partial charge on any atom is 0.143 e. The lowest BCUT2D eigenvalue weighted by Gasteiger charge is -2.18. The van der Waals surface area contributed by atoms with Crippen molar-refractivity contribution in [2.45, 2.75) is 0 Å². The van der Waals surface area contributed by atoms with E-state index < -0.39 is 28.6 Å². The largest absolute Gasteiger partial charge is 0.455 e. The van der Waals surface area contributed by atoms with Crippen LogP contribution in [0.3, 0.4) is 0 Å². The Bertz CT molecular complexity index is 8090. The number of pyridine rings is 3. The first-order valence-corrected chi connectivity index (χ1v) is 51.4. The predicted molar refractivity (Wildman–Crippen MR) is 526 cm³/mol. The van der Waals surface area contributed by atoms with Gasteiger partial charge in [-0.25, -0.2) is 9.97 Å². The highest BCUT2D eigenvalue weighted by Gasteiger charge is 2.24. The normalized spacial score (nSPS) is 12.1. The van der Waals surface area contributed by atoms with Crippen molar-refractivity contribution in [3.05, 3.63) is 382 Å². The number of furan rings is 1. The lowest BCUT2D eigenvalue weighted by Crippen LogP contribution is -2.02. The molecule has 0 aliphatic heterocycles. The summed E-state index contributed by atoms with van der Waals surface area (Å²) >= 11 is 0. The Labute approximate surface area is 709 Å². The number of hydrogen-bond donors (Lipinski definition) is 0. The van der Waals surface area contributed by atoms with E-state index in [9.17, 15) is 18.3 Å². The number of rotatable bonds is 10. The summed E-state index contributed by atoms with van der Waals surface area (Å²) in [4.78, 5) is 10.0. The fraction of sp³-hybridized carbons (Fsp3) is 0.0727. The SMILES string of the molecule is CP(C)(=O)c1ccc(-c2c3ccccc3nc3c2ccc2ccccc23)cc1.CP(C)(=O)c1cccc(-c2c3ccccc3c(-c3cccc4c3oc3ccccc34)c3ccccc23)c1.CP(C)(=O)c1cccc(-c2c3ccccc3nc3c2ccc2ccccc23)c1.CP(C)(=O)c1cccc(-c2ccc(-c3cc4c5ccccc5ccn4c3)cc2)c1. The molecule has 5 heterocycles. The van der Waals surface area contributed by atoms with Gasteiger partial charge in [0.25, 0.3) is 0 Å². The smallest absolute Gasteiger partial charge is 0.143 e. The first-order chi connectivity index (χ1) is 59.0. The van der Waals surface area contributed by atoms with E-state index >= 15 is 0 Å². The van der Waals surface area contributed by atoms with Gasteiger partial charge >= 0.3 is 0 Å². The molecule has 0 bridgehead atoms. The van der Waals surface area contributed by atoms with Crippen molar-refractivity contribution < 1.29 is 22.7 Å². The molecule has 0 fully saturated rings. The molecule has 0 N–H and O–H groups in total. The van der Waals surface area contributed by atoms with Gasteiger partial charge in [0.1, 0.15) is 39.7 Å². The predicted octanol–water partition coefficient (Wildman–Crippen LogP) is 29.1. The quantitative estimate of drug-likeness (QED) is 0.0761. The van der Waals surface area contributed by atoms with E-state index in [1.807, 2.05) is 126 Å². The maximum atomic E-state index is 13.0. The molecule has 22 aromatic rings. The maximum absolute atomic E-state index is 13.0. The second-order valence-electron chi connectivity index (χ2n) is 33.1. The van der Waals surface area contributed by atoms with Crippen molar-refractivity contribution >= 4 is 175 Å². The molecule has 17 aromatic carbocycles. The van der Waals surface area contributed by atoms with Crippen molar-refractivity contribution in [1.82, 2.24) is 14.4 Å². The van der Waals surface area contributed by atoms with Gasteiger partial charge < -0.3 is 27.1 Å². The Balaban J connectivity index is 0.000000108. The van der Waals surface area contributed by atoms with Gasteiger partial charge in [0.05, 0.1) is 27.6 Å². The van der Waals surface area contributed by atoms with Gasteiger partial charge in [0.15, 0.2) is 0 Å². The van der Waals surface area contributed by atoms with Gasteiger partial charge in [-0.3, -0.25) is 0 Å². The number of para-hydroxylation sites is 4. The van der Waals surface area contributed by atoms with Crippen LogP contribution in [0.25, 0.3) is 192 Å². The van der Waals surface area contributed by atoms with Crippen LogP contribution in [0.5, 0.6) is 0 Å². The molecular formula is C110H87N3O5P4. The lowest BCUT2D eigenvalue weighted by molar-refractivity contribution is 0.587. The average Bonchev–Trinajstić information content (AvgIpc) is 1.26. The van der Waals surface area contributed by atoms with Crippen LogP contribution in [-0.4, -0.2) is 67.7 Å². The molecule has 0 atom stereocenters. The zero-order valence-electron chi connectivity index (χ0n) is 69.0. The van der Waals surface area contributed by atoms with Crippen molar-refractivity contribution in [3.8, 4) is 66.8 Å². The molecule has 592 valence electrons. The van der Waals surface area contributed by atoms with Crippen molar-refractivity contribution in [2.75, 3.05) is 53.3 Å². The Hall–Kier alpha value is -13.1. The standard InChI is InChI=1S/C34H25O2P.C26H22NOP.2C25H20NOP/c1-37(2,35)23-12-9-11-22(21-23)32-25-14-3-5-16-27(25)33(28-17-6-4-15-26(28)32)30-19-10-18-29-24-13-7-8-20-31(24)36-34(29)30;1-29(2,28)24-8-5-7-22(16-24)19-10-12-20(13-11-19)23-17-26-25-9-4-3-6-21(25)14-15-27(26)18-23;1-28(2,27)19-10-7-9-18(16-19)24-21-12-5-6-13-23(21)26-25-20-11-4-3-8-17(20)14-15-22(24)25;1-28(2,27)19-14-11-18(12-15-19)24-21-9-5-6-10-23(21)26-25-20-8-4-3-7-17(20)13-16-22(24)25/h3-21H,1-2H3;3-18H,1-2H3;2*3-16H,1-2H3. The minimum Gasteiger partial charge on any atom is -0.455 e. The van der Waals surface area contributed by atoms with E-state index in [4.69, 9.17) is 14.4 Å². The molecule has 0 saturated carbocycles. The highest BCUT2D eigenvalue weighted by atomic mass is 31.2. The molecular weight excluding hydrogens is 1570 g/mol. The number of benzene rings is 17. The fourth-order valence-electron chi connectivity index (χ4n) is 17.4. The molecule has 5 aromatic heterocycles. The molecule has 0 radical (unpaired) electrons. The summed E-state index contributed by atoms with van der Waals surface area (Å²) in [5.41, 5.74) is 20.7. The molecule has 0 saturated heterocycles. The van der Waals surface area contributed by atoms with Crippen LogP contribution in [-0.2, 0) is 18.3 Å². The van der Waals surface area contributed by atoms with Crippen LogP contribution in [0, 0.1) is 0 Å². The minimum atomic E-state index is -2.40. The molecule has 0 amide bonds. The Kier molecular flexibility index (Phi) is 20.5. The Morgan fingerprint density at radius 1 is 0.246 bits per heavy atom. The minimum absolute atomic E-state index is 0.897. The Morgan fingerprint density at radius 2 is 0.615 bits per heavy atom. The van der Waals surface area contributed by atoms with Crippen LogP contribution in [0.15, 0.2) is 387 Å². The van der Waals surface area contributed by atoms with E-state index in [0.29, 0.717) is 0 Å². The molecule has 122 heavy (non-hydrogen) atoms. The first-order valence-electron chi connectivity index (χ1n) is 41.0. The molecule has 12 heteroatoms. The van der Waals surface area contributed by atoms with E-state index in [1.54, 1.807) is 0 Å². The molecule has 0 aliphatic carbocycles. The van der Waals surface area contributed by atoms with E-state index in [1.165, 1.54) is 76.4 Å². The van der Waals surface area contributed by atoms with Crippen LogP contribution >= 0.6 is 28.6 Å². The number of aromatic nitrogens is 3. The van der Waals surface area contributed by atoms with Gasteiger partial charge in [0, 0.05) is 110 Å². The van der Waals surface area contributed by atoms with E-state index in [0.717, 1.165) is 136 Å². The van der Waals surface area contributed by atoms with Crippen LogP contribution in [0.4, 0.5) is 0 Å². The van der Waals surface area contributed by atoms with Crippen LogP contribution in [0.2, 0.25) is 0 Å². The second-order valence-corrected chi connectivity index (χ2v) is 46.0. The highest BCUT2D eigenvalue weighted by molar-refractivity contribution is 7.71. The summed E-state index contributed by atoms with van der Waals surface area (Å²) in [6.45, 7) is 14.6. The van der Waals surface area contributed by atoms with E-state index in [-0.39, 0.29) is 0 Å². The van der Waals surface area contributed by atoms with Crippen LogP contribution in [0.1, 0.15) is 0 Å². The van der Waals surface area contributed by atoms with Gasteiger partial charge in [0.2, 0.25) is 0 Å². The van der Waals surface area contributed by atoms with E-state index in [2.05, 4.69) is 314 Å². The molecule has 0 spiro atoms. The summed E-state index contributed by atoms with van der Waals surface area (Å²) in [5, 5.41) is 22.3. The Morgan fingerprint density at radius 3 is 1.11 bits per heavy atom. The molecule has 8 nitrogen and oxygen atoms in total. The molecule has 0 aliphatic rings. The third-order valence-corrected chi connectivity index (χ3v) is 29.7. The van der Waals surface area contributed by atoms with Crippen LogP contribution < -0.4 is 21.2 Å². The molecule has 22 rings (SSSR count). The summed E-state index contributed by atoms with van der Waals surface area (Å²) in [7, 11) is -9.27.